The molecule has 2 fully saturated rings. The summed E-state index contributed by atoms with van der Waals surface area (Å²) in [6.45, 7) is 1.08. The van der Waals surface area contributed by atoms with Gasteiger partial charge in [0.2, 0.25) is 0 Å². The number of hydrogen-bond acceptors (Lipinski definition) is 16. The topological polar surface area (TPSA) is 294 Å². The molecule has 0 aromatic carbocycles. The Bertz CT molecular complexity index is 1740. The van der Waals surface area contributed by atoms with Crippen LogP contribution in [-0.2, 0) is 9.47 Å². The second-order valence-electron chi connectivity index (χ2n) is 13.1. The van der Waals surface area contributed by atoms with Gasteiger partial charge in [-0.15, -0.1) is 11.3 Å². The first-order chi connectivity index (χ1) is 25.2. The van der Waals surface area contributed by atoms with Gasteiger partial charge in [-0.25, -0.2) is 4.98 Å². The fourth-order valence-electron chi connectivity index (χ4n) is 6.09. The summed E-state index contributed by atoms with van der Waals surface area (Å²) < 4.78 is 13.6. The fraction of sp³-hybridized carbons (Fsp3) is 0.562. The number of amides is 3. The van der Waals surface area contributed by atoms with Crippen LogP contribution in [0.2, 0.25) is 0 Å². The molecule has 0 unspecified atom stereocenters. The molecular weight excluding hydrogens is 722 g/mol. The average molecular weight is 768 g/mol. The minimum atomic E-state index is -1.81. The summed E-state index contributed by atoms with van der Waals surface area (Å²) in [6.07, 6.45) is -13.2. The molecule has 2 aliphatic rings. The summed E-state index contributed by atoms with van der Waals surface area (Å²) >= 11 is 1.08. The smallest absolute Gasteiger partial charge is 0.272 e. The van der Waals surface area contributed by atoms with Crippen molar-refractivity contribution < 1.29 is 64.7 Å². The van der Waals surface area contributed by atoms with Crippen LogP contribution in [0.15, 0.2) is 30.0 Å². The van der Waals surface area contributed by atoms with E-state index in [4.69, 9.17) is 9.47 Å². The molecule has 20 nitrogen and oxygen atoms in total. The van der Waals surface area contributed by atoms with Crippen molar-refractivity contribution in [3.8, 4) is 0 Å². The van der Waals surface area contributed by atoms with Gasteiger partial charge in [0, 0.05) is 18.9 Å². The van der Waals surface area contributed by atoms with Crippen LogP contribution in [0, 0.1) is 6.92 Å². The quantitative estimate of drug-likeness (QED) is 0.0783. The maximum Gasteiger partial charge on any atom is 0.272 e. The lowest BCUT2D eigenvalue weighted by atomic mass is 9.98. The lowest BCUT2D eigenvalue weighted by Gasteiger charge is -2.41. The van der Waals surface area contributed by atoms with Crippen molar-refractivity contribution in [1.29, 1.82) is 0 Å². The first-order valence-electron chi connectivity index (χ1n) is 16.7. The number of aliphatic hydroxyl groups excluding tert-OH is 8. The largest absolute Gasteiger partial charge is 0.394 e. The van der Waals surface area contributed by atoms with E-state index in [1.807, 2.05) is 19.0 Å². The molecule has 11 N–H and O–H groups in total. The molecule has 5 rings (SSSR count). The molecule has 0 spiro atoms. The summed E-state index contributed by atoms with van der Waals surface area (Å²) in [5, 5.41) is 91.0. The summed E-state index contributed by atoms with van der Waals surface area (Å²) in [5.74, 6) is -2.09. The molecule has 10 atom stereocenters. The number of hydrogen-bond donors (Lipinski definition) is 11. The van der Waals surface area contributed by atoms with Crippen LogP contribution in [0.3, 0.4) is 0 Å². The summed E-state index contributed by atoms with van der Waals surface area (Å²) in [6, 6.07) is 2.51. The molecule has 2 aliphatic heterocycles. The van der Waals surface area contributed by atoms with Gasteiger partial charge < -0.3 is 80.3 Å². The minimum absolute atomic E-state index is 0.0298. The van der Waals surface area contributed by atoms with Crippen LogP contribution < -0.4 is 16.0 Å². The second kappa shape index (κ2) is 17.1. The van der Waals surface area contributed by atoms with E-state index in [1.165, 1.54) is 30.0 Å². The molecule has 3 aromatic rings. The number of nitrogens with one attached hydrogen (secondary N) is 3. The van der Waals surface area contributed by atoms with Gasteiger partial charge in [0.25, 0.3) is 17.7 Å². The van der Waals surface area contributed by atoms with Crippen molar-refractivity contribution in [3.63, 3.8) is 0 Å². The molecule has 5 heterocycles. The number of carbonyl (C=O) groups is 3. The highest BCUT2D eigenvalue weighted by atomic mass is 32.1. The van der Waals surface area contributed by atoms with Crippen molar-refractivity contribution in [2.75, 3.05) is 51.0 Å². The summed E-state index contributed by atoms with van der Waals surface area (Å²) in [7, 11) is 3.74. The highest BCUT2D eigenvalue weighted by Crippen LogP contribution is 2.34. The zero-order valence-electron chi connectivity index (χ0n) is 29.0. The first-order valence-corrected chi connectivity index (χ1v) is 17.5. The van der Waals surface area contributed by atoms with E-state index in [0.29, 0.717) is 23.5 Å². The zero-order valence-corrected chi connectivity index (χ0v) is 29.8. The molecule has 0 radical (unpaired) electrons. The normalized spacial score (nSPS) is 28.9. The van der Waals surface area contributed by atoms with E-state index < -0.39 is 92.2 Å². The van der Waals surface area contributed by atoms with Gasteiger partial charge in [0.15, 0.2) is 12.5 Å². The van der Waals surface area contributed by atoms with Gasteiger partial charge in [-0.05, 0) is 46.1 Å². The predicted molar refractivity (Wildman–Crippen MR) is 185 cm³/mol. The van der Waals surface area contributed by atoms with Gasteiger partial charge in [0.05, 0.1) is 35.8 Å². The number of aromatic nitrogens is 3. The molecule has 0 bridgehead atoms. The Balaban J connectivity index is 1.50. The van der Waals surface area contributed by atoms with Crippen molar-refractivity contribution in [2.24, 2.45) is 0 Å². The number of nitrogens with zero attached hydrogens (tertiary/aromatic N) is 4. The Morgan fingerprint density at radius 1 is 0.774 bits per heavy atom. The van der Waals surface area contributed by atoms with Crippen LogP contribution in [-0.4, -0.2) is 167 Å². The lowest BCUT2D eigenvalue weighted by Crippen LogP contribution is -2.56. The highest BCUT2D eigenvalue weighted by Gasteiger charge is 2.46. The second-order valence-corrected chi connectivity index (χ2v) is 13.9. The maximum absolute atomic E-state index is 14.0. The molecule has 21 heteroatoms. The number of carbonyl (C=O) groups excluding carboxylic acids is 3. The molecule has 0 saturated carbocycles. The number of rotatable bonds is 13. The Morgan fingerprint density at radius 3 is 1.72 bits per heavy atom. The molecule has 292 valence electrons. The van der Waals surface area contributed by atoms with Gasteiger partial charge >= 0.3 is 0 Å². The SMILES string of the molecule is Cc1ncsc1C(=O)Nc1cc(C(=O)Nc2cc(C(=O)NCCCN(C)C)n([C@H]3O[C@H](CO)[C@@H](O)[C@H](O)[C@H]3O)c2)n([C@H]2O[C@H](CO)[C@@H](O)[C@H](O)[C@H]2O)c1. The van der Waals surface area contributed by atoms with Crippen molar-refractivity contribution in [3.05, 3.63) is 52.0 Å². The number of aryl methyl sites for hydroxylation is 1. The van der Waals surface area contributed by atoms with Crippen LogP contribution in [0.4, 0.5) is 11.4 Å². The monoisotopic (exact) mass is 767 g/mol. The van der Waals surface area contributed by atoms with Crippen molar-refractivity contribution in [2.45, 2.75) is 74.6 Å². The van der Waals surface area contributed by atoms with E-state index in [1.54, 1.807) is 6.92 Å². The predicted octanol–water partition coefficient (Wildman–Crippen LogP) is -2.81. The van der Waals surface area contributed by atoms with E-state index in [0.717, 1.165) is 20.5 Å². The lowest BCUT2D eigenvalue weighted by molar-refractivity contribution is -0.251. The molecular formula is C32H45N7O13S. The third-order valence-electron chi connectivity index (χ3n) is 8.98. The van der Waals surface area contributed by atoms with Crippen LogP contribution in [0.25, 0.3) is 0 Å². The van der Waals surface area contributed by atoms with Gasteiger partial charge in [-0.2, -0.15) is 0 Å². The Kier molecular flexibility index (Phi) is 13.0. The van der Waals surface area contributed by atoms with Gasteiger partial charge in [-0.1, -0.05) is 0 Å². The van der Waals surface area contributed by atoms with E-state index in [-0.39, 0.29) is 29.3 Å². The minimum Gasteiger partial charge on any atom is -0.394 e. The van der Waals surface area contributed by atoms with Crippen molar-refractivity contribution in [1.82, 2.24) is 24.3 Å². The highest BCUT2D eigenvalue weighted by molar-refractivity contribution is 7.12. The third-order valence-corrected chi connectivity index (χ3v) is 9.91. The number of thiazole rings is 1. The molecule has 3 amide bonds. The van der Waals surface area contributed by atoms with Gasteiger partial charge in [-0.3, -0.25) is 14.4 Å². The maximum atomic E-state index is 14.0. The summed E-state index contributed by atoms with van der Waals surface area (Å²) in [5.41, 5.74) is 1.59. The zero-order chi connectivity index (χ0) is 38.7. The van der Waals surface area contributed by atoms with E-state index >= 15 is 0 Å². The molecule has 53 heavy (non-hydrogen) atoms. The molecule has 3 aromatic heterocycles. The van der Waals surface area contributed by atoms with Gasteiger partial charge in [0.1, 0.15) is 65.1 Å². The number of aliphatic hydroxyl groups is 8. The third kappa shape index (κ3) is 8.61. The van der Waals surface area contributed by atoms with Crippen LogP contribution in [0.1, 0.15) is 55.2 Å². The standard InChI is InChI=1S/C32H45N7O13S/c1-14-27(53-13-34-14)30(50)36-16-8-18(39(10-16)32-26(47)24(45)22(43)20(12-41)52-32)29(49)35-15-7-17(28(48)33-5-4-6-37(2)3)38(9-15)31-25(46)23(44)21(42)19(11-40)51-31/h7-10,13,19-26,31-32,40-47H,4-6,11-12H2,1-3H3,(H,33,48)(H,35,49)(H,36,50)/t19-,20-,21-,22-,23+,24+,25-,26-,31+,32+/m1/s1. The average Bonchev–Trinajstić information content (AvgIpc) is 3.87. The van der Waals surface area contributed by atoms with Crippen LogP contribution in [0.5, 0.6) is 0 Å². The Morgan fingerprint density at radius 2 is 1.26 bits per heavy atom. The molecule has 0 aliphatic carbocycles. The number of anilines is 2. The first kappa shape index (κ1) is 40.3. The Hall–Kier alpha value is -3.84. The fourth-order valence-corrected chi connectivity index (χ4v) is 6.79. The van der Waals surface area contributed by atoms with Crippen LogP contribution >= 0.6 is 11.3 Å². The van der Waals surface area contributed by atoms with Crippen molar-refractivity contribution >= 4 is 40.4 Å². The van der Waals surface area contributed by atoms with E-state index in [2.05, 4.69) is 20.9 Å². The van der Waals surface area contributed by atoms with E-state index in [9.17, 15) is 55.2 Å². The Labute approximate surface area is 306 Å². The number of ether oxygens (including phenoxy) is 2. The summed E-state index contributed by atoms with van der Waals surface area (Å²) in [4.78, 5) is 46.8. The molecule has 2 saturated heterocycles.